The van der Waals surface area contributed by atoms with Gasteiger partial charge in [-0.25, -0.2) is 0 Å². The highest BCUT2D eigenvalue weighted by atomic mass is 127. The van der Waals surface area contributed by atoms with Crippen molar-refractivity contribution in [2.45, 2.75) is 33.4 Å². The third-order valence-corrected chi connectivity index (χ3v) is 4.86. The topological polar surface area (TPSA) is 59.2 Å². The van der Waals surface area contributed by atoms with Crippen molar-refractivity contribution in [3.05, 3.63) is 53.5 Å². The summed E-state index contributed by atoms with van der Waals surface area (Å²) in [5, 5.41) is 12.5. The standard InChI is InChI=1S/C20H28N6.HI/c1-15-18(16(2)25(4)24-15)14-23-20(21-3)22-11-7-12-26-13-10-17-8-5-6-9-19(17)26;/h5-6,8-10,13H,7,11-12,14H2,1-4H3,(H2,21,22,23);1H. The molecular formula is C20H29IN6. The SMILES string of the molecule is CN=C(NCCCn1ccc2ccccc21)NCc1c(C)nn(C)c1C.I. The fourth-order valence-corrected chi connectivity index (χ4v) is 3.26. The van der Waals surface area contributed by atoms with E-state index in [1.807, 2.05) is 18.7 Å². The largest absolute Gasteiger partial charge is 0.356 e. The van der Waals surface area contributed by atoms with Gasteiger partial charge in [-0.05, 0) is 37.8 Å². The zero-order valence-corrected chi connectivity index (χ0v) is 18.8. The third kappa shape index (κ3) is 5.03. The number of nitrogens with one attached hydrogen (secondary N) is 2. The quantitative estimate of drug-likeness (QED) is 0.246. The van der Waals surface area contributed by atoms with Gasteiger partial charge in [0.1, 0.15) is 0 Å². The second kappa shape index (κ2) is 9.77. The van der Waals surface area contributed by atoms with Crippen LogP contribution in [0.2, 0.25) is 0 Å². The maximum absolute atomic E-state index is 4.46. The van der Waals surface area contributed by atoms with Gasteiger partial charge in [0, 0.05) is 56.7 Å². The summed E-state index contributed by atoms with van der Waals surface area (Å²) in [5.74, 6) is 0.824. The maximum Gasteiger partial charge on any atom is 0.191 e. The van der Waals surface area contributed by atoms with Gasteiger partial charge in [0.2, 0.25) is 0 Å². The molecule has 0 aliphatic heterocycles. The van der Waals surface area contributed by atoms with Crippen LogP contribution in [0.3, 0.4) is 0 Å². The Balaban J connectivity index is 0.00000261. The fraction of sp³-hybridized carbons (Fsp3) is 0.400. The van der Waals surface area contributed by atoms with Crippen LogP contribution < -0.4 is 10.6 Å². The Hall–Kier alpha value is -2.03. The van der Waals surface area contributed by atoms with Gasteiger partial charge < -0.3 is 15.2 Å². The minimum Gasteiger partial charge on any atom is -0.356 e. The van der Waals surface area contributed by atoms with Gasteiger partial charge in [-0.3, -0.25) is 9.67 Å². The van der Waals surface area contributed by atoms with Gasteiger partial charge in [-0.2, -0.15) is 5.10 Å². The first-order valence-electron chi connectivity index (χ1n) is 9.07. The van der Waals surface area contributed by atoms with Gasteiger partial charge >= 0.3 is 0 Å². The molecule has 2 N–H and O–H groups in total. The molecule has 7 heteroatoms. The van der Waals surface area contributed by atoms with Crippen molar-refractivity contribution >= 4 is 40.8 Å². The molecule has 2 heterocycles. The molecule has 146 valence electrons. The van der Waals surface area contributed by atoms with Gasteiger partial charge in [0.05, 0.1) is 5.69 Å². The molecule has 1 aromatic carbocycles. The summed E-state index contributed by atoms with van der Waals surface area (Å²) in [5.41, 5.74) is 4.77. The summed E-state index contributed by atoms with van der Waals surface area (Å²) in [6.45, 7) is 6.72. The van der Waals surface area contributed by atoms with Crippen molar-refractivity contribution in [2.75, 3.05) is 13.6 Å². The first-order valence-corrected chi connectivity index (χ1v) is 9.07. The molecular weight excluding hydrogens is 451 g/mol. The van der Waals surface area contributed by atoms with Gasteiger partial charge in [-0.1, -0.05) is 18.2 Å². The number of halogens is 1. The molecule has 3 aromatic rings. The molecule has 0 bridgehead atoms. The fourth-order valence-electron chi connectivity index (χ4n) is 3.26. The Kier molecular flexibility index (Phi) is 7.70. The van der Waals surface area contributed by atoms with E-state index in [1.165, 1.54) is 22.2 Å². The molecule has 0 spiro atoms. The Labute approximate surface area is 178 Å². The highest BCUT2D eigenvalue weighted by Crippen LogP contribution is 2.15. The number of aliphatic imine (C=N–C) groups is 1. The highest BCUT2D eigenvalue weighted by Gasteiger charge is 2.09. The summed E-state index contributed by atoms with van der Waals surface area (Å²) in [4.78, 5) is 4.31. The first kappa shape index (κ1) is 21.3. The van der Waals surface area contributed by atoms with Crippen LogP contribution in [0.25, 0.3) is 10.9 Å². The Morgan fingerprint density at radius 1 is 1.15 bits per heavy atom. The minimum absolute atomic E-state index is 0. The third-order valence-electron chi connectivity index (χ3n) is 4.86. The smallest absolute Gasteiger partial charge is 0.191 e. The van der Waals surface area contributed by atoms with E-state index in [0.717, 1.165) is 37.7 Å². The Morgan fingerprint density at radius 3 is 2.63 bits per heavy atom. The Bertz CT molecular complexity index is 908. The average Bonchev–Trinajstić information content (AvgIpc) is 3.16. The molecule has 6 nitrogen and oxygen atoms in total. The van der Waals surface area contributed by atoms with Crippen LogP contribution in [0, 0.1) is 13.8 Å². The van der Waals surface area contributed by atoms with E-state index in [-0.39, 0.29) is 24.0 Å². The predicted molar refractivity (Wildman–Crippen MR) is 123 cm³/mol. The molecule has 0 amide bonds. The molecule has 0 saturated heterocycles. The molecule has 0 unspecified atom stereocenters. The number of aromatic nitrogens is 3. The van der Waals surface area contributed by atoms with E-state index in [1.54, 1.807) is 7.05 Å². The van der Waals surface area contributed by atoms with E-state index in [0.29, 0.717) is 0 Å². The van der Waals surface area contributed by atoms with Crippen molar-refractivity contribution in [3.8, 4) is 0 Å². The number of para-hydroxylation sites is 1. The number of hydrogen-bond acceptors (Lipinski definition) is 2. The molecule has 0 radical (unpaired) electrons. The summed E-state index contributed by atoms with van der Waals surface area (Å²) in [6.07, 6.45) is 3.19. The first-order chi connectivity index (χ1) is 12.6. The zero-order chi connectivity index (χ0) is 18.5. The molecule has 0 fully saturated rings. The van der Waals surface area contributed by atoms with E-state index < -0.39 is 0 Å². The number of guanidine groups is 1. The summed E-state index contributed by atoms with van der Waals surface area (Å²) in [7, 11) is 3.78. The van der Waals surface area contributed by atoms with Crippen LogP contribution in [0.1, 0.15) is 23.4 Å². The lowest BCUT2D eigenvalue weighted by Crippen LogP contribution is -2.37. The van der Waals surface area contributed by atoms with Crippen LogP contribution in [0.5, 0.6) is 0 Å². The predicted octanol–water partition coefficient (Wildman–Crippen LogP) is 3.36. The molecule has 27 heavy (non-hydrogen) atoms. The highest BCUT2D eigenvalue weighted by molar-refractivity contribution is 14.0. The van der Waals surface area contributed by atoms with E-state index in [9.17, 15) is 0 Å². The number of hydrogen-bond donors (Lipinski definition) is 2. The van der Waals surface area contributed by atoms with Crippen molar-refractivity contribution in [1.29, 1.82) is 0 Å². The lowest BCUT2D eigenvalue weighted by molar-refractivity contribution is 0.640. The lowest BCUT2D eigenvalue weighted by atomic mass is 10.2. The molecule has 0 aliphatic rings. The monoisotopic (exact) mass is 480 g/mol. The number of aryl methyl sites for hydroxylation is 3. The number of rotatable bonds is 6. The van der Waals surface area contributed by atoms with Crippen LogP contribution in [-0.2, 0) is 20.1 Å². The van der Waals surface area contributed by atoms with E-state index in [2.05, 4.69) is 68.7 Å². The molecule has 0 saturated carbocycles. The normalized spacial score (nSPS) is 11.5. The van der Waals surface area contributed by atoms with Crippen molar-refractivity contribution in [1.82, 2.24) is 25.0 Å². The second-order valence-corrected chi connectivity index (χ2v) is 6.55. The van der Waals surface area contributed by atoms with Crippen molar-refractivity contribution < 1.29 is 0 Å². The maximum atomic E-state index is 4.46. The van der Waals surface area contributed by atoms with Gasteiger partial charge in [-0.15, -0.1) is 24.0 Å². The summed E-state index contributed by atoms with van der Waals surface area (Å²) in [6, 6.07) is 10.7. The summed E-state index contributed by atoms with van der Waals surface area (Å²) >= 11 is 0. The van der Waals surface area contributed by atoms with Crippen LogP contribution in [0.4, 0.5) is 0 Å². The number of benzene rings is 1. The second-order valence-electron chi connectivity index (χ2n) is 6.55. The van der Waals surface area contributed by atoms with Crippen LogP contribution in [-0.4, -0.2) is 33.9 Å². The molecule has 0 aliphatic carbocycles. The van der Waals surface area contributed by atoms with Crippen molar-refractivity contribution in [3.63, 3.8) is 0 Å². The minimum atomic E-state index is 0. The summed E-state index contributed by atoms with van der Waals surface area (Å²) < 4.78 is 4.22. The number of nitrogens with zero attached hydrogens (tertiary/aromatic N) is 4. The average molecular weight is 480 g/mol. The van der Waals surface area contributed by atoms with Gasteiger partial charge in [0.15, 0.2) is 5.96 Å². The molecule has 0 atom stereocenters. The van der Waals surface area contributed by atoms with Crippen molar-refractivity contribution in [2.24, 2.45) is 12.0 Å². The molecule has 3 rings (SSSR count). The lowest BCUT2D eigenvalue weighted by Gasteiger charge is -2.12. The zero-order valence-electron chi connectivity index (χ0n) is 16.5. The van der Waals surface area contributed by atoms with Crippen LogP contribution in [0.15, 0.2) is 41.5 Å². The molecule has 2 aromatic heterocycles. The van der Waals surface area contributed by atoms with E-state index in [4.69, 9.17) is 0 Å². The van der Waals surface area contributed by atoms with E-state index >= 15 is 0 Å². The van der Waals surface area contributed by atoms with Crippen LogP contribution >= 0.6 is 24.0 Å². The Morgan fingerprint density at radius 2 is 1.93 bits per heavy atom. The van der Waals surface area contributed by atoms with Gasteiger partial charge in [0.25, 0.3) is 0 Å². The number of fused-ring (bicyclic) bond motifs is 1.